The predicted octanol–water partition coefficient (Wildman–Crippen LogP) is 3.10. The molecule has 6 unspecified atom stereocenters. The molecule has 2 fully saturated rings. The zero-order valence-corrected chi connectivity index (χ0v) is 16.0. The topological polar surface area (TPSA) is 67.8 Å². The maximum Gasteiger partial charge on any atom is 0.251 e. The van der Waals surface area contributed by atoms with E-state index in [1.165, 1.54) is 5.56 Å². The monoisotopic (exact) mass is 381 g/mol. The fourth-order valence-electron chi connectivity index (χ4n) is 4.60. The second-order valence-corrected chi connectivity index (χ2v) is 7.72. The van der Waals surface area contributed by atoms with E-state index in [1.807, 2.05) is 24.3 Å². The summed E-state index contributed by atoms with van der Waals surface area (Å²) in [6.45, 7) is 0. The lowest BCUT2D eigenvalue weighted by Gasteiger charge is -2.48. The van der Waals surface area contributed by atoms with Gasteiger partial charge in [-0.25, -0.2) is 0 Å². The molecule has 148 valence electrons. The van der Waals surface area contributed by atoms with Crippen molar-refractivity contribution in [3.8, 4) is 0 Å². The van der Waals surface area contributed by atoms with E-state index >= 15 is 0 Å². The van der Waals surface area contributed by atoms with Gasteiger partial charge in [-0.1, -0.05) is 48.5 Å². The minimum Gasteiger partial charge on any atom is -0.390 e. The Hall–Kier alpha value is -2.21. The van der Waals surface area contributed by atoms with Crippen LogP contribution in [-0.2, 0) is 9.47 Å². The van der Waals surface area contributed by atoms with Crippen molar-refractivity contribution in [3.63, 3.8) is 0 Å². The standard InChI is InChI=1S/C23H27NO4/c1-27-23-20(24-22(26)16-10-6-3-7-11-16)21(25)18-14-17(12-13-19(18)28-23)15-8-4-2-5-9-15/h2-11,17-21,23,25H,12-14H2,1H3,(H,24,26). The molecule has 0 spiro atoms. The van der Waals surface area contributed by atoms with Crippen LogP contribution in [0.1, 0.15) is 41.1 Å². The third kappa shape index (κ3) is 3.83. The van der Waals surface area contributed by atoms with Gasteiger partial charge in [0.2, 0.25) is 0 Å². The van der Waals surface area contributed by atoms with Gasteiger partial charge in [-0.05, 0) is 42.9 Å². The highest BCUT2D eigenvalue weighted by atomic mass is 16.7. The smallest absolute Gasteiger partial charge is 0.251 e. The van der Waals surface area contributed by atoms with Crippen molar-refractivity contribution in [1.29, 1.82) is 0 Å². The van der Waals surface area contributed by atoms with E-state index < -0.39 is 18.4 Å². The summed E-state index contributed by atoms with van der Waals surface area (Å²) < 4.78 is 11.6. The summed E-state index contributed by atoms with van der Waals surface area (Å²) in [4.78, 5) is 12.6. The van der Waals surface area contributed by atoms with Crippen LogP contribution in [0.25, 0.3) is 0 Å². The molecule has 2 aromatic carbocycles. The van der Waals surface area contributed by atoms with E-state index in [4.69, 9.17) is 9.47 Å². The van der Waals surface area contributed by atoms with Gasteiger partial charge in [-0.2, -0.15) is 0 Å². The number of benzene rings is 2. The lowest BCUT2D eigenvalue weighted by Crippen LogP contribution is -2.62. The molecular formula is C23H27NO4. The molecule has 1 aliphatic carbocycles. The van der Waals surface area contributed by atoms with Crippen LogP contribution in [0.4, 0.5) is 0 Å². The zero-order valence-electron chi connectivity index (χ0n) is 16.0. The highest BCUT2D eigenvalue weighted by Gasteiger charge is 2.48. The molecule has 1 saturated carbocycles. The van der Waals surface area contributed by atoms with Gasteiger partial charge < -0.3 is 19.9 Å². The van der Waals surface area contributed by atoms with Gasteiger partial charge in [-0.15, -0.1) is 0 Å². The van der Waals surface area contributed by atoms with Crippen molar-refractivity contribution in [2.45, 2.75) is 49.7 Å². The average Bonchev–Trinajstić information content (AvgIpc) is 2.76. The maximum atomic E-state index is 12.6. The molecule has 0 aromatic heterocycles. The van der Waals surface area contributed by atoms with Crippen LogP contribution >= 0.6 is 0 Å². The number of hydrogen-bond acceptors (Lipinski definition) is 4. The number of hydrogen-bond donors (Lipinski definition) is 2. The van der Waals surface area contributed by atoms with Crippen LogP contribution < -0.4 is 5.32 Å². The zero-order chi connectivity index (χ0) is 19.5. The van der Waals surface area contributed by atoms with Gasteiger partial charge in [0, 0.05) is 18.6 Å². The van der Waals surface area contributed by atoms with Crippen LogP contribution in [0.3, 0.4) is 0 Å². The molecule has 1 saturated heterocycles. The van der Waals surface area contributed by atoms with Crippen LogP contribution in [0.2, 0.25) is 0 Å². The van der Waals surface area contributed by atoms with E-state index in [1.54, 1.807) is 19.2 Å². The van der Waals surface area contributed by atoms with Gasteiger partial charge >= 0.3 is 0 Å². The first-order valence-electron chi connectivity index (χ1n) is 9.94. The maximum absolute atomic E-state index is 12.6. The molecule has 0 bridgehead atoms. The lowest BCUT2D eigenvalue weighted by molar-refractivity contribution is -0.248. The van der Waals surface area contributed by atoms with E-state index in [0.717, 1.165) is 19.3 Å². The number of aliphatic hydroxyl groups is 1. The minimum atomic E-state index is -0.720. The van der Waals surface area contributed by atoms with Gasteiger partial charge in [0.1, 0.15) is 6.04 Å². The van der Waals surface area contributed by atoms with Crippen molar-refractivity contribution in [1.82, 2.24) is 5.32 Å². The number of ether oxygens (including phenoxy) is 2. The van der Waals surface area contributed by atoms with Crippen molar-refractivity contribution in [2.24, 2.45) is 5.92 Å². The van der Waals surface area contributed by atoms with E-state index in [2.05, 4.69) is 29.6 Å². The van der Waals surface area contributed by atoms with Crippen LogP contribution in [0.15, 0.2) is 60.7 Å². The molecule has 5 nitrogen and oxygen atoms in total. The Bertz CT molecular complexity index is 782. The number of amides is 1. The third-order valence-corrected chi connectivity index (χ3v) is 6.08. The highest BCUT2D eigenvalue weighted by molar-refractivity contribution is 5.94. The summed E-state index contributed by atoms with van der Waals surface area (Å²) in [5, 5.41) is 14.1. The van der Waals surface area contributed by atoms with Gasteiger partial charge in [0.15, 0.2) is 6.29 Å². The summed E-state index contributed by atoms with van der Waals surface area (Å²) in [5.74, 6) is 0.126. The average molecular weight is 381 g/mol. The summed E-state index contributed by atoms with van der Waals surface area (Å²) in [6.07, 6.45) is 1.31. The molecule has 1 aliphatic heterocycles. The fourth-order valence-corrected chi connectivity index (χ4v) is 4.60. The van der Waals surface area contributed by atoms with Crippen LogP contribution in [0.5, 0.6) is 0 Å². The van der Waals surface area contributed by atoms with E-state index in [9.17, 15) is 9.90 Å². The molecular weight excluding hydrogens is 354 g/mol. The molecule has 2 aliphatic rings. The number of carbonyl (C=O) groups excluding carboxylic acids is 1. The summed E-state index contributed by atoms with van der Waals surface area (Å²) in [7, 11) is 1.55. The number of methoxy groups -OCH3 is 1. The van der Waals surface area contributed by atoms with E-state index in [0.29, 0.717) is 11.5 Å². The Morgan fingerprint density at radius 1 is 1.07 bits per heavy atom. The largest absolute Gasteiger partial charge is 0.390 e. The first-order valence-corrected chi connectivity index (χ1v) is 9.94. The van der Waals surface area contributed by atoms with Crippen LogP contribution in [0, 0.1) is 5.92 Å². The lowest BCUT2D eigenvalue weighted by atomic mass is 9.71. The fraction of sp³-hybridized carbons (Fsp3) is 0.435. The molecule has 0 radical (unpaired) electrons. The predicted molar refractivity (Wildman–Crippen MR) is 106 cm³/mol. The molecule has 4 rings (SSSR count). The highest BCUT2D eigenvalue weighted by Crippen LogP contribution is 2.43. The SMILES string of the molecule is COC1OC2CCC(c3ccccc3)CC2C(O)C1NC(=O)c1ccccc1. The second kappa shape index (κ2) is 8.43. The molecule has 5 heteroatoms. The Morgan fingerprint density at radius 2 is 1.75 bits per heavy atom. The number of nitrogens with one attached hydrogen (secondary N) is 1. The molecule has 1 heterocycles. The quantitative estimate of drug-likeness (QED) is 0.854. The molecule has 1 amide bonds. The third-order valence-electron chi connectivity index (χ3n) is 6.08. The number of aliphatic hydroxyl groups excluding tert-OH is 1. The van der Waals surface area contributed by atoms with Crippen molar-refractivity contribution < 1.29 is 19.4 Å². The Labute approximate surface area is 165 Å². The Morgan fingerprint density at radius 3 is 2.43 bits per heavy atom. The Kier molecular flexibility index (Phi) is 5.76. The number of carbonyl (C=O) groups is 1. The summed E-state index contributed by atoms with van der Waals surface area (Å²) in [5.41, 5.74) is 1.85. The second-order valence-electron chi connectivity index (χ2n) is 7.72. The molecule has 2 aromatic rings. The first-order chi connectivity index (χ1) is 13.7. The van der Waals surface area contributed by atoms with Crippen molar-refractivity contribution in [3.05, 3.63) is 71.8 Å². The van der Waals surface area contributed by atoms with Gasteiger partial charge in [0.25, 0.3) is 5.91 Å². The van der Waals surface area contributed by atoms with Crippen molar-refractivity contribution in [2.75, 3.05) is 7.11 Å². The van der Waals surface area contributed by atoms with Crippen LogP contribution in [-0.4, -0.2) is 42.7 Å². The van der Waals surface area contributed by atoms with Gasteiger partial charge in [0.05, 0.1) is 12.2 Å². The molecule has 6 atom stereocenters. The normalized spacial score (nSPS) is 32.4. The van der Waals surface area contributed by atoms with E-state index in [-0.39, 0.29) is 17.9 Å². The molecule has 2 N–H and O–H groups in total. The summed E-state index contributed by atoms with van der Waals surface area (Å²) in [6, 6.07) is 18.8. The number of rotatable bonds is 4. The van der Waals surface area contributed by atoms with Gasteiger partial charge in [-0.3, -0.25) is 4.79 Å². The number of fused-ring (bicyclic) bond motifs is 1. The Balaban J connectivity index is 1.50. The summed E-state index contributed by atoms with van der Waals surface area (Å²) >= 11 is 0. The van der Waals surface area contributed by atoms with Crippen molar-refractivity contribution >= 4 is 5.91 Å². The minimum absolute atomic E-state index is 0.0357. The first kappa shape index (κ1) is 19.1. The molecule has 28 heavy (non-hydrogen) atoms.